The van der Waals surface area contributed by atoms with Gasteiger partial charge in [-0.25, -0.2) is 8.42 Å². The summed E-state index contributed by atoms with van der Waals surface area (Å²) in [6, 6.07) is 21.7. The zero-order valence-corrected chi connectivity index (χ0v) is 20.0. The van der Waals surface area contributed by atoms with E-state index in [4.69, 9.17) is 9.47 Å². The van der Waals surface area contributed by atoms with Crippen LogP contribution in [0.5, 0.6) is 11.5 Å². The first-order chi connectivity index (χ1) is 16.3. The lowest BCUT2D eigenvalue weighted by Crippen LogP contribution is -2.51. The number of aryl methyl sites for hydroxylation is 1. The Bertz CT molecular complexity index is 1260. The van der Waals surface area contributed by atoms with Crippen molar-refractivity contribution in [3.05, 3.63) is 89.5 Å². The van der Waals surface area contributed by atoms with Crippen LogP contribution in [0.15, 0.2) is 72.8 Å². The Kier molecular flexibility index (Phi) is 7.07. The number of para-hydroxylation sites is 2. The lowest BCUT2D eigenvalue weighted by atomic mass is 10.1. The molecule has 3 aromatic rings. The van der Waals surface area contributed by atoms with Crippen LogP contribution in [0.3, 0.4) is 0 Å². The van der Waals surface area contributed by atoms with Crippen LogP contribution in [0.25, 0.3) is 0 Å². The highest BCUT2D eigenvalue weighted by atomic mass is 32.2. The molecule has 3 aromatic carbocycles. The minimum atomic E-state index is -3.74. The van der Waals surface area contributed by atoms with E-state index < -0.39 is 16.1 Å². The predicted octanol–water partition coefficient (Wildman–Crippen LogP) is 3.60. The molecule has 0 bridgehead atoms. The van der Waals surface area contributed by atoms with Crippen molar-refractivity contribution >= 4 is 21.6 Å². The molecule has 0 radical (unpaired) electrons. The first-order valence-electron chi connectivity index (χ1n) is 11.1. The fraction of sp³-hybridized carbons (Fsp3) is 0.269. The molecular formula is C26H28N2O5S. The molecule has 1 aliphatic heterocycles. The summed E-state index contributed by atoms with van der Waals surface area (Å²) in [5.74, 6) is 0.576. The molecule has 1 N–H and O–H groups in total. The second-order valence-corrected chi connectivity index (χ2v) is 10.1. The van der Waals surface area contributed by atoms with Crippen molar-refractivity contribution in [3.8, 4) is 11.5 Å². The van der Waals surface area contributed by atoms with E-state index >= 15 is 0 Å². The number of hydrogen-bond donors (Lipinski definition) is 1. The molecule has 1 heterocycles. The molecule has 0 saturated heterocycles. The minimum Gasteiger partial charge on any atom is -0.491 e. The second-order valence-electron chi connectivity index (χ2n) is 8.18. The zero-order chi connectivity index (χ0) is 24.1. The van der Waals surface area contributed by atoms with Crippen molar-refractivity contribution in [1.29, 1.82) is 0 Å². The summed E-state index contributed by atoms with van der Waals surface area (Å²) in [5, 5.41) is 2.80. The third kappa shape index (κ3) is 5.34. The van der Waals surface area contributed by atoms with E-state index in [0.29, 0.717) is 17.0 Å². The number of sulfonamides is 1. The van der Waals surface area contributed by atoms with Crippen molar-refractivity contribution in [3.63, 3.8) is 0 Å². The monoisotopic (exact) mass is 480 g/mol. The van der Waals surface area contributed by atoms with Crippen LogP contribution in [0.4, 0.5) is 5.69 Å². The molecule has 34 heavy (non-hydrogen) atoms. The summed E-state index contributed by atoms with van der Waals surface area (Å²) in [5.41, 5.74) is 3.30. The number of carbonyl (C=O) groups excluding carboxylic acids is 1. The quantitative estimate of drug-likeness (QED) is 0.498. The van der Waals surface area contributed by atoms with Crippen LogP contribution in [0, 0.1) is 13.8 Å². The summed E-state index contributed by atoms with van der Waals surface area (Å²) in [6.45, 7) is 4.45. The normalized spacial score (nSPS) is 15.2. The number of carbonyl (C=O) groups is 1. The van der Waals surface area contributed by atoms with Gasteiger partial charge in [-0.3, -0.25) is 9.10 Å². The Balaban J connectivity index is 1.42. The van der Waals surface area contributed by atoms with Gasteiger partial charge < -0.3 is 14.8 Å². The summed E-state index contributed by atoms with van der Waals surface area (Å²) < 4.78 is 39.5. The van der Waals surface area contributed by atoms with E-state index in [-0.39, 0.29) is 31.4 Å². The number of rotatable bonds is 8. The predicted molar refractivity (Wildman–Crippen MR) is 132 cm³/mol. The number of hydrogen-bond acceptors (Lipinski definition) is 5. The van der Waals surface area contributed by atoms with Gasteiger partial charge in [0.15, 0.2) is 6.10 Å². The Hall–Kier alpha value is -3.52. The van der Waals surface area contributed by atoms with Gasteiger partial charge in [-0.05, 0) is 48.7 Å². The summed E-state index contributed by atoms with van der Waals surface area (Å²) in [6.07, 6.45) is -0.971. The van der Waals surface area contributed by atoms with Gasteiger partial charge in [0.1, 0.15) is 18.1 Å². The molecular weight excluding hydrogens is 452 g/mol. The van der Waals surface area contributed by atoms with Crippen molar-refractivity contribution in [2.24, 2.45) is 0 Å². The molecule has 1 amide bonds. The standard InChI is InChI=1S/C26H28N2O5S/c1-19-9-8-14-23(20(19)2)32-16-15-27-26(29)25-17-28(22-12-6-7-13-24(22)33-25)34(30,31)18-21-10-4-3-5-11-21/h3-14,25H,15-18H2,1-2H3,(H,27,29)/t25-/m0/s1. The zero-order valence-electron chi connectivity index (χ0n) is 19.2. The van der Waals surface area contributed by atoms with Crippen LogP contribution < -0.4 is 19.1 Å². The lowest BCUT2D eigenvalue weighted by Gasteiger charge is -2.34. The third-order valence-electron chi connectivity index (χ3n) is 5.77. The van der Waals surface area contributed by atoms with Gasteiger partial charge >= 0.3 is 0 Å². The Morgan fingerprint density at radius 2 is 1.76 bits per heavy atom. The van der Waals surface area contributed by atoms with E-state index in [9.17, 15) is 13.2 Å². The van der Waals surface area contributed by atoms with Gasteiger partial charge in [-0.2, -0.15) is 0 Å². The summed E-state index contributed by atoms with van der Waals surface area (Å²) in [7, 11) is -3.74. The van der Waals surface area contributed by atoms with Gasteiger partial charge in [0.05, 0.1) is 24.5 Å². The Labute approximate surface area is 200 Å². The lowest BCUT2D eigenvalue weighted by molar-refractivity contribution is -0.127. The molecule has 8 heteroatoms. The van der Waals surface area contributed by atoms with Crippen LogP contribution >= 0.6 is 0 Å². The molecule has 0 saturated carbocycles. The van der Waals surface area contributed by atoms with E-state index in [0.717, 1.165) is 16.9 Å². The fourth-order valence-electron chi connectivity index (χ4n) is 3.79. The van der Waals surface area contributed by atoms with Crippen molar-refractivity contribution in [1.82, 2.24) is 5.32 Å². The SMILES string of the molecule is Cc1cccc(OCCNC(=O)[C@@H]2CN(S(=O)(=O)Cc3ccccc3)c3ccccc3O2)c1C. The molecule has 1 aliphatic rings. The van der Waals surface area contributed by atoms with E-state index in [2.05, 4.69) is 5.32 Å². The maximum Gasteiger partial charge on any atom is 0.263 e. The topological polar surface area (TPSA) is 84.9 Å². The van der Waals surface area contributed by atoms with Crippen molar-refractivity contribution in [2.45, 2.75) is 25.7 Å². The van der Waals surface area contributed by atoms with Crippen molar-refractivity contribution in [2.75, 3.05) is 24.0 Å². The van der Waals surface area contributed by atoms with Crippen LogP contribution in [-0.2, 0) is 20.6 Å². The fourth-order valence-corrected chi connectivity index (χ4v) is 5.38. The van der Waals surface area contributed by atoms with E-state index in [1.54, 1.807) is 48.5 Å². The number of ether oxygens (including phenoxy) is 2. The molecule has 0 aliphatic carbocycles. The van der Waals surface area contributed by atoms with Crippen LogP contribution in [-0.4, -0.2) is 40.1 Å². The Morgan fingerprint density at radius 1 is 1.03 bits per heavy atom. The van der Waals surface area contributed by atoms with Gasteiger partial charge in [0.2, 0.25) is 10.0 Å². The van der Waals surface area contributed by atoms with Gasteiger partial charge in [0.25, 0.3) is 5.91 Å². The van der Waals surface area contributed by atoms with Gasteiger partial charge in [-0.1, -0.05) is 54.6 Å². The highest BCUT2D eigenvalue weighted by Gasteiger charge is 2.36. The number of nitrogens with one attached hydrogen (secondary N) is 1. The number of benzene rings is 3. The first kappa shape index (κ1) is 23.6. The molecule has 0 spiro atoms. The largest absolute Gasteiger partial charge is 0.491 e. The average molecular weight is 481 g/mol. The van der Waals surface area contributed by atoms with Crippen LogP contribution in [0.2, 0.25) is 0 Å². The molecule has 0 fully saturated rings. The minimum absolute atomic E-state index is 0.101. The number of amides is 1. The highest BCUT2D eigenvalue weighted by molar-refractivity contribution is 7.92. The maximum atomic E-state index is 13.3. The smallest absolute Gasteiger partial charge is 0.263 e. The molecule has 0 unspecified atom stereocenters. The van der Waals surface area contributed by atoms with Gasteiger partial charge in [-0.15, -0.1) is 0 Å². The number of anilines is 1. The highest BCUT2D eigenvalue weighted by Crippen LogP contribution is 2.35. The van der Waals surface area contributed by atoms with Gasteiger partial charge in [0, 0.05) is 0 Å². The van der Waals surface area contributed by atoms with Crippen LogP contribution in [0.1, 0.15) is 16.7 Å². The summed E-state index contributed by atoms with van der Waals surface area (Å²) in [4.78, 5) is 12.9. The average Bonchev–Trinajstić information content (AvgIpc) is 2.83. The summed E-state index contributed by atoms with van der Waals surface area (Å²) >= 11 is 0. The molecule has 178 valence electrons. The third-order valence-corrected chi connectivity index (χ3v) is 7.48. The second kappa shape index (κ2) is 10.2. The molecule has 1 atom stereocenters. The Morgan fingerprint density at radius 3 is 2.56 bits per heavy atom. The van der Waals surface area contributed by atoms with E-state index in [1.165, 1.54) is 4.31 Å². The molecule has 0 aromatic heterocycles. The number of nitrogens with zero attached hydrogens (tertiary/aromatic N) is 1. The van der Waals surface area contributed by atoms with Crippen molar-refractivity contribution < 1.29 is 22.7 Å². The molecule has 4 rings (SSSR count). The van der Waals surface area contributed by atoms with E-state index in [1.807, 2.05) is 38.1 Å². The number of fused-ring (bicyclic) bond motifs is 1. The maximum absolute atomic E-state index is 13.3. The molecule has 7 nitrogen and oxygen atoms in total. The first-order valence-corrected chi connectivity index (χ1v) is 12.7.